The second-order valence-corrected chi connectivity index (χ2v) is 3.99. The maximum absolute atomic E-state index is 5.73. The molecule has 5 nitrogen and oxygen atoms in total. The van der Waals surface area contributed by atoms with E-state index in [0.717, 1.165) is 30.8 Å². The first-order valence-corrected chi connectivity index (χ1v) is 5.70. The van der Waals surface area contributed by atoms with Gasteiger partial charge in [-0.3, -0.25) is 5.10 Å². The predicted octanol–water partition coefficient (Wildman–Crippen LogP) is 1.74. The summed E-state index contributed by atoms with van der Waals surface area (Å²) >= 11 is 0. The van der Waals surface area contributed by atoms with E-state index in [1.165, 1.54) is 5.56 Å². The predicted molar refractivity (Wildman–Crippen MR) is 68.8 cm³/mol. The van der Waals surface area contributed by atoms with Gasteiger partial charge in [-0.1, -0.05) is 0 Å². The lowest BCUT2D eigenvalue weighted by molar-refractivity contribution is 0.857. The van der Waals surface area contributed by atoms with Crippen LogP contribution in [-0.4, -0.2) is 21.7 Å². The number of hydrogen-bond acceptors (Lipinski definition) is 4. The average Bonchev–Trinajstić information content (AvgIpc) is 2.73. The quantitative estimate of drug-likeness (QED) is 0.685. The summed E-state index contributed by atoms with van der Waals surface area (Å²) in [6.45, 7) is 2.91. The van der Waals surface area contributed by atoms with Gasteiger partial charge in [-0.25, -0.2) is 4.98 Å². The summed E-state index contributed by atoms with van der Waals surface area (Å²) in [5.41, 5.74) is 9.05. The number of aromatic nitrogens is 3. The smallest absolute Gasteiger partial charge is 0.146 e. The monoisotopic (exact) mass is 231 g/mol. The van der Waals surface area contributed by atoms with Gasteiger partial charge < -0.3 is 11.1 Å². The summed E-state index contributed by atoms with van der Waals surface area (Å²) in [5, 5.41) is 10.2. The highest BCUT2D eigenvalue weighted by Crippen LogP contribution is 2.13. The molecule has 0 bridgehead atoms. The summed E-state index contributed by atoms with van der Waals surface area (Å²) in [6.07, 6.45) is 5.62. The summed E-state index contributed by atoms with van der Waals surface area (Å²) in [4.78, 5) is 4.02. The van der Waals surface area contributed by atoms with Crippen molar-refractivity contribution in [3.05, 3.63) is 35.8 Å². The van der Waals surface area contributed by atoms with Gasteiger partial charge in [-0.05, 0) is 37.5 Å². The topological polar surface area (TPSA) is 79.6 Å². The van der Waals surface area contributed by atoms with Gasteiger partial charge in [0, 0.05) is 18.4 Å². The molecule has 17 heavy (non-hydrogen) atoms. The van der Waals surface area contributed by atoms with Gasteiger partial charge in [0.25, 0.3) is 0 Å². The Balaban J connectivity index is 1.77. The van der Waals surface area contributed by atoms with E-state index in [1.54, 1.807) is 6.20 Å². The minimum absolute atomic E-state index is 0.548. The normalized spacial score (nSPS) is 10.4. The number of H-pyrrole nitrogens is 1. The highest BCUT2D eigenvalue weighted by molar-refractivity contribution is 5.60. The van der Waals surface area contributed by atoms with E-state index in [0.29, 0.717) is 5.82 Å². The number of rotatable bonds is 5. The Hall–Kier alpha value is -2.04. The molecule has 90 valence electrons. The van der Waals surface area contributed by atoms with Crippen LogP contribution in [0.25, 0.3) is 0 Å². The van der Waals surface area contributed by atoms with Crippen LogP contribution in [0.4, 0.5) is 11.5 Å². The number of aromatic amines is 1. The first kappa shape index (κ1) is 11.4. The molecular formula is C12H17N5. The van der Waals surface area contributed by atoms with E-state index in [4.69, 9.17) is 5.73 Å². The fourth-order valence-electron chi connectivity index (χ4n) is 1.70. The fraction of sp³-hybridized carbons (Fsp3) is 0.333. The van der Waals surface area contributed by atoms with Gasteiger partial charge in [-0.2, -0.15) is 5.10 Å². The second kappa shape index (κ2) is 5.34. The Morgan fingerprint density at radius 3 is 3.06 bits per heavy atom. The summed E-state index contributed by atoms with van der Waals surface area (Å²) < 4.78 is 0. The molecule has 5 heteroatoms. The maximum atomic E-state index is 5.73. The van der Waals surface area contributed by atoms with Gasteiger partial charge in [0.15, 0.2) is 0 Å². The molecule has 2 aromatic rings. The van der Waals surface area contributed by atoms with Crippen molar-refractivity contribution >= 4 is 11.5 Å². The zero-order chi connectivity index (χ0) is 12.1. The van der Waals surface area contributed by atoms with Crippen molar-refractivity contribution in [3.63, 3.8) is 0 Å². The molecule has 0 aliphatic heterocycles. The second-order valence-electron chi connectivity index (χ2n) is 3.99. The highest BCUT2D eigenvalue weighted by atomic mass is 15.1. The van der Waals surface area contributed by atoms with Crippen molar-refractivity contribution in [2.75, 3.05) is 17.6 Å². The Bertz CT molecular complexity index is 477. The Morgan fingerprint density at radius 1 is 1.47 bits per heavy atom. The minimum Gasteiger partial charge on any atom is -0.382 e. The van der Waals surface area contributed by atoms with Crippen LogP contribution in [0, 0.1) is 6.92 Å². The third kappa shape index (κ3) is 2.96. The number of nitrogens with zero attached hydrogens (tertiary/aromatic N) is 2. The molecule has 0 saturated carbocycles. The van der Waals surface area contributed by atoms with Gasteiger partial charge in [0.2, 0.25) is 0 Å². The van der Waals surface area contributed by atoms with Crippen LogP contribution in [0.5, 0.6) is 0 Å². The Labute approximate surface area is 100 Å². The Kier molecular flexibility index (Phi) is 3.59. The van der Waals surface area contributed by atoms with Gasteiger partial charge >= 0.3 is 0 Å². The number of nitrogen functional groups attached to an aromatic ring is 1. The van der Waals surface area contributed by atoms with Crippen LogP contribution in [-0.2, 0) is 6.42 Å². The van der Waals surface area contributed by atoms with Crippen molar-refractivity contribution in [1.29, 1.82) is 0 Å². The molecule has 2 heterocycles. The maximum Gasteiger partial charge on any atom is 0.146 e. The van der Waals surface area contributed by atoms with E-state index in [-0.39, 0.29) is 0 Å². The number of nitrogens with one attached hydrogen (secondary N) is 2. The van der Waals surface area contributed by atoms with Crippen LogP contribution >= 0.6 is 0 Å². The van der Waals surface area contributed by atoms with Crippen LogP contribution in [0.3, 0.4) is 0 Å². The van der Waals surface area contributed by atoms with Crippen LogP contribution in [0.2, 0.25) is 0 Å². The zero-order valence-electron chi connectivity index (χ0n) is 9.90. The first-order chi connectivity index (χ1) is 8.27. The summed E-state index contributed by atoms with van der Waals surface area (Å²) in [7, 11) is 0. The van der Waals surface area contributed by atoms with Crippen LogP contribution < -0.4 is 11.1 Å². The largest absolute Gasteiger partial charge is 0.382 e. The number of pyridine rings is 1. The standard InChI is InChI=1S/C12H17N5/c1-9-10(8-16-17-9)4-2-6-14-11-5-3-7-15-12(11)13/h3,5,7-8,14H,2,4,6H2,1H3,(H2,13,15)(H,16,17). The molecule has 2 aromatic heterocycles. The number of anilines is 2. The molecule has 0 atom stereocenters. The molecule has 0 radical (unpaired) electrons. The van der Waals surface area contributed by atoms with Crippen molar-refractivity contribution in [1.82, 2.24) is 15.2 Å². The lowest BCUT2D eigenvalue weighted by Gasteiger charge is -2.07. The van der Waals surface area contributed by atoms with E-state index in [9.17, 15) is 0 Å². The summed E-state index contributed by atoms with van der Waals surface area (Å²) in [6, 6.07) is 3.81. The lowest BCUT2D eigenvalue weighted by atomic mass is 10.1. The number of hydrogen-bond donors (Lipinski definition) is 3. The summed E-state index contributed by atoms with van der Waals surface area (Å²) in [5.74, 6) is 0.548. The average molecular weight is 231 g/mol. The van der Waals surface area contributed by atoms with Gasteiger partial charge in [0.05, 0.1) is 11.9 Å². The van der Waals surface area contributed by atoms with Gasteiger partial charge in [-0.15, -0.1) is 0 Å². The van der Waals surface area contributed by atoms with Crippen LogP contribution in [0.1, 0.15) is 17.7 Å². The number of aryl methyl sites for hydroxylation is 2. The lowest BCUT2D eigenvalue weighted by Crippen LogP contribution is -2.06. The minimum atomic E-state index is 0.548. The molecule has 0 fully saturated rings. The molecular weight excluding hydrogens is 214 g/mol. The van der Waals surface area contributed by atoms with Crippen LogP contribution in [0.15, 0.2) is 24.5 Å². The number of nitrogens with two attached hydrogens (primary N) is 1. The van der Waals surface area contributed by atoms with Gasteiger partial charge in [0.1, 0.15) is 5.82 Å². The molecule has 0 aromatic carbocycles. The molecule has 0 saturated heterocycles. The first-order valence-electron chi connectivity index (χ1n) is 5.70. The Morgan fingerprint density at radius 2 is 2.35 bits per heavy atom. The van der Waals surface area contributed by atoms with E-state index >= 15 is 0 Å². The van der Waals surface area contributed by atoms with Crippen molar-refractivity contribution in [2.45, 2.75) is 19.8 Å². The molecule has 0 aliphatic carbocycles. The third-order valence-electron chi connectivity index (χ3n) is 2.71. The third-order valence-corrected chi connectivity index (χ3v) is 2.71. The molecule has 0 aliphatic rings. The van der Waals surface area contributed by atoms with Crippen molar-refractivity contribution in [2.24, 2.45) is 0 Å². The SMILES string of the molecule is Cc1[nH]ncc1CCCNc1cccnc1N. The molecule has 0 unspecified atom stereocenters. The van der Waals surface area contributed by atoms with E-state index in [1.807, 2.05) is 25.3 Å². The van der Waals surface area contributed by atoms with Crippen molar-refractivity contribution in [3.8, 4) is 0 Å². The van der Waals surface area contributed by atoms with Crippen molar-refractivity contribution < 1.29 is 0 Å². The molecule has 0 amide bonds. The fourth-order valence-corrected chi connectivity index (χ4v) is 1.70. The highest BCUT2D eigenvalue weighted by Gasteiger charge is 2.01. The van der Waals surface area contributed by atoms with E-state index < -0.39 is 0 Å². The molecule has 4 N–H and O–H groups in total. The molecule has 0 spiro atoms. The molecule has 2 rings (SSSR count). The van der Waals surface area contributed by atoms with E-state index in [2.05, 4.69) is 20.5 Å². The zero-order valence-corrected chi connectivity index (χ0v) is 9.90.